The molecule has 2 N–H and O–H groups in total. The summed E-state index contributed by atoms with van der Waals surface area (Å²) in [5.41, 5.74) is 6.56. The average molecular weight is 450 g/mol. The van der Waals surface area contributed by atoms with Gasteiger partial charge in [-0.25, -0.2) is 18.2 Å². The van der Waals surface area contributed by atoms with Gasteiger partial charge in [-0.1, -0.05) is 19.3 Å². The molecule has 0 radical (unpaired) electrons. The predicted octanol–water partition coefficient (Wildman–Crippen LogP) is 3.23. The molecular formula is C23H30F3N5O. The number of aromatic nitrogens is 2. The summed E-state index contributed by atoms with van der Waals surface area (Å²) in [6.07, 6.45) is 5.07. The summed E-state index contributed by atoms with van der Waals surface area (Å²) in [5.74, 6) is -0.359. The number of hydrogen-bond donors (Lipinski definition) is 1. The van der Waals surface area contributed by atoms with E-state index in [1.54, 1.807) is 4.57 Å². The molecule has 4 atom stereocenters. The van der Waals surface area contributed by atoms with Crippen molar-refractivity contribution in [2.75, 3.05) is 31.1 Å². The Kier molecular flexibility index (Phi) is 5.77. The molecule has 0 bridgehead atoms. The van der Waals surface area contributed by atoms with Gasteiger partial charge in [0.25, 0.3) is 0 Å². The molecule has 2 saturated heterocycles. The Labute approximate surface area is 185 Å². The summed E-state index contributed by atoms with van der Waals surface area (Å²) in [7, 11) is 0. The number of fused-ring (bicyclic) bond motifs is 2. The minimum atomic E-state index is -1.10. The topological polar surface area (TPSA) is 67.4 Å². The van der Waals surface area contributed by atoms with Gasteiger partial charge in [-0.3, -0.25) is 4.79 Å². The molecule has 6 nitrogen and oxygen atoms in total. The zero-order valence-corrected chi connectivity index (χ0v) is 18.2. The molecule has 3 aliphatic rings. The molecule has 1 saturated carbocycles. The number of nitrogens with two attached hydrogens (primary N) is 1. The summed E-state index contributed by atoms with van der Waals surface area (Å²) in [4.78, 5) is 21.5. The smallest absolute Gasteiger partial charge is 0.242 e. The van der Waals surface area contributed by atoms with Crippen LogP contribution in [-0.4, -0.2) is 58.8 Å². The van der Waals surface area contributed by atoms with E-state index in [4.69, 9.17) is 5.73 Å². The highest BCUT2D eigenvalue weighted by Crippen LogP contribution is 2.36. The van der Waals surface area contributed by atoms with Gasteiger partial charge >= 0.3 is 0 Å². The number of piperidine rings is 2. The average Bonchev–Trinajstić information content (AvgIpc) is 3.12. The molecule has 2 unspecified atom stereocenters. The van der Waals surface area contributed by atoms with E-state index in [9.17, 15) is 18.0 Å². The lowest BCUT2D eigenvalue weighted by Crippen LogP contribution is -2.50. The van der Waals surface area contributed by atoms with Crippen molar-refractivity contribution in [3.05, 3.63) is 23.8 Å². The third kappa shape index (κ3) is 3.95. The van der Waals surface area contributed by atoms with Gasteiger partial charge in [0.2, 0.25) is 11.9 Å². The first-order valence-electron chi connectivity index (χ1n) is 11.7. The molecule has 5 rings (SSSR count). The Morgan fingerprint density at radius 3 is 2.56 bits per heavy atom. The number of imidazole rings is 1. The fourth-order valence-electron chi connectivity index (χ4n) is 5.70. The van der Waals surface area contributed by atoms with Crippen molar-refractivity contribution < 1.29 is 18.0 Å². The molecule has 2 aliphatic heterocycles. The highest BCUT2D eigenvalue weighted by molar-refractivity contribution is 5.83. The predicted molar refractivity (Wildman–Crippen MR) is 116 cm³/mol. The number of halogens is 3. The molecule has 1 aliphatic carbocycles. The second-order valence-electron chi connectivity index (χ2n) is 9.60. The molecule has 3 heterocycles. The Bertz CT molecular complexity index is 1010. The quantitative estimate of drug-likeness (QED) is 0.781. The number of nitrogens with zero attached hydrogens (tertiary/aromatic N) is 4. The van der Waals surface area contributed by atoms with E-state index in [0.29, 0.717) is 29.8 Å². The number of carbonyl (C=O) groups excluding carboxylic acids is 1. The lowest BCUT2D eigenvalue weighted by Gasteiger charge is -2.41. The van der Waals surface area contributed by atoms with Gasteiger partial charge in [0.1, 0.15) is 12.7 Å². The Morgan fingerprint density at radius 2 is 1.78 bits per heavy atom. The van der Waals surface area contributed by atoms with E-state index in [1.165, 1.54) is 19.3 Å². The zero-order chi connectivity index (χ0) is 22.4. The number of rotatable bonds is 3. The van der Waals surface area contributed by atoms with Gasteiger partial charge in [-0.2, -0.15) is 0 Å². The van der Waals surface area contributed by atoms with E-state index in [1.807, 2.05) is 9.80 Å². The van der Waals surface area contributed by atoms with Gasteiger partial charge < -0.3 is 20.1 Å². The minimum Gasteiger partial charge on any atom is -0.341 e. The van der Waals surface area contributed by atoms with Crippen LogP contribution in [0, 0.1) is 23.5 Å². The molecule has 3 fully saturated rings. The number of amides is 1. The highest BCUT2D eigenvalue weighted by Gasteiger charge is 2.34. The largest absolute Gasteiger partial charge is 0.341 e. The van der Waals surface area contributed by atoms with Crippen molar-refractivity contribution in [3.63, 3.8) is 0 Å². The first-order chi connectivity index (χ1) is 15.4. The van der Waals surface area contributed by atoms with Crippen molar-refractivity contribution in [2.45, 2.75) is 57.3 Å². The van der Waals surface area contributed by atoms with Gasteiger partial charge in [-0.05, 0) is 31.1 Å². The van der Waals surface area contributed by atoms with E-state index in [-0.39, 0.29) is 30.9 Å². The Balaban J connectivity index is 1.44. The van der Waals surface area contributed by atoms with Crippen LogP contribution in [-0.2, 0) is 11.3 Å². The SMILES string of the molecule is N[C@@H]1CN(c2nc3cc(F)c(F)cc3n2CC(=O)N2CCC3CCCCC3C2)CC[C@H]1F. The summed E-state index contributed by atoms with van der Waals surface area (Å²) in [5, 5.41) is 0. The molecule has 9 heteroatoms. The zero-order valence-electron chi connectivity index (χ0n) is 18.2. The Hall–Kier alpha value is -2.29. The van der Waals surface area contributed by atoms with Crippen LogP contribution in [0.2, 0.25) is 0 Å². The third-order valence-corrected chi connectivity index (χ3v) is 7.56. The van der Waals surface area contributed by atoms with Crippen LogP contribution in [0.4, 0.5) is 19.1 Å². The minimum absolute atomic E-state index is 0.0148. The molecule has 1 amide bonds. The Morgan fingerprint density at radius 1 is 1.03 bits per heavy atom. The molecule has 174 valence electrons. The number of carbonyl (C=O) groups is 1. The lowest BCUT2D eigenvalue weighted by atomic mass is 9.75. The van der Waals surface area contributed by atoms with Crippen molar-refractivity contribution in [3.8, 4) is 0 Å². The van der Waals surface area contributed by atoms with Gasteiger partial charge in [0, 0.05) is 38.3 Å². The van der Waals surface area contributed by atoms with Crippen LogP contribution < -0.4 is 10.6 Å². The lowest BCUT2D eigenvalue weighted by molar-refractivity contribution is -0.134. The molecular weight excluding hydrogens is 419 g/mol. The molecule has 32 heavy (non-hydrogen) atoms. The van der Waals surface area contributed by atoms with E-state index in [0.717, 1.165) is 38.1 Å². The van der Waals surface area contributed by atoms with E-state index < -0.39 is 23.8 Å². The van der Waals surface area contributed by atoms with E-state index in [2.05, 4.69) is 4.98 Å². The van der Waals surface area contributed by atoms with Gasteiger partial charge in [0.15, 0.2) is 11.6 Å². The second-order valence-corrected chi connectivity index (χ2v) is 9.60. The van der Waals surface area contributed by atoms with Crippen LogP contribution in [0.25, 0.3) is 11.0 Å². The number of likely N-dealkylation sites (tertiary alicyclic amines) is 1. The van der Waals surface area contributed by atoms with Crippen molar-refractivity contribution in [1.82, 2.24) is 14.5 Å². The van der Waals surface area contributed by atoms with Crippen LogP contribution in [0.15, 0.2) is 12.1 Å². The summed E-state index contributed by atoms with van der Waals surface area (Å²) in [6, 6.07) is 1.46. The molecule has 0 spiro atoms. The summed E-state index contributed by atoms with van der Waals surface area (Å²) in [6.45, 7) is 2.08. The van der Waals surface area contributed by atoms with Crippen LogP contribution >= 0.6 is 0 Å². The molecule has 1 aromatic heterocycles. The van der Waals surface area contributed by atoms with Crippen LogP contribution in [0.1, 0.15) is 38.5 Å². The maximum Gasteiger partial charge on any atom is 0.242 e. The standard InChI is InChI=1S/C23H30F3N5O/c24-16-6-8-30(12-19(16)27)23-28-20-9-17(25)18(26)10-21(20)31(23)13-22(32)29-7-5-14-3-1-2-4-15(14)11-29/h9-10,14-16,19H,1-8,11-13,27H2/t14?,15?,16-,19-/m1/s1. The highest BCUT2D eigenvalue weighted by atomic mass is 19.2. The maximum atomic E-state index is 14.1. The van der Waals surface area contributed by atoms with Gasteiger partial charge in [0.05, 0.1) is 17.1 Å². The fourth-order valence-corrected chi connectivity index (χ4v) is 5.70. The summed E-state index contributed by atoms with van der Waals surface area (Å²) < 4.78 is 43.5. The number of alkyl halides is 1. The molecule has 2 aromatic rings. The van der Waals surface area contributed by atoms with E-state index >= 15 is 0 Å². The summed E-state index contributed by atoms with van der Waals surface area (Å²) >= 11 is 0. The normalized spacial score (nSPS) is 28.8. The molecule has 1 aromatic carbocycles. The van der Waals surface area contributed by atoms with Crippen LogP contribution in [0.5, 0.6) is 0 Å². The van der Waals surface area contributed by atoms with Crippen molar-refractivity contribution >= 4 is 22.9 Å². The van der Waals surface area contributed by atoms with Gasteiger partial charge in [-0.15, -0.1) is 0 Å². The van der Waals surface area contributed by atoms with Crippen molar-refractivity contribution in [1.29, 1.82) is 0 Å². The maximum absolute atomic E-state index is 14.1. The van der Waals surface area contributed by atoms with Crippen molar-refractivity contribution in [2.24, 2.45) is 17.6 Å². The second kappa shape index (κ2) is 8.57. The van der Waals surface area contributed by atoms with Crippen LogP contribution in [0.3, 0.4) is 0 Å². The number of hydrogen-bond acceptors (Lipinski definition) is 4. The first-order valence-corrected chi connectivity index (χ1v) is 11.7. The fraction of sp³-hybridized carbons (Fsp3) is 0.652. The number of anilines is 1. The monoisotopic (exact) mass is 449 g/mol. The third-order valence-electron chi connectivity index (χ3n) is 7.56. The first kappa shape index (κ1) is 21.6. The number of benzene rings is 1.